The maximum atomic E-state index is 10.6. The highest BCUT2D eigenvalue weighted by atomic mass is 16.5. The Morgan fingerprint density at radius 3 is 2.67 bits per heavy atom. The Labute approximate surface area is 54.5 Å². The number of nitrogens with two attached hydrogens (primary N) is 1. The second kappa shape index (κ2) is 4.09. The number of carbonyl (C=O) groups is 1. The molecule has 0 rings (SSSR count). The lowest BCUT2D eigenvalue weighted by molar-refractivity contribution is -0.118. The van der Waals surface area contributed by atoms with Gasteiger partial charge < -0.3 is 10.5 Å². The molecule has 0 spiro atoms. The molecule has 0 saturated heterocycles. The summed E-state index contributed by atoms with van der Waals surface area (Å²) in [4.78, 5) is 10.6. The lowest BCUT2D eigenvalue weighted by atomic mass is 10.3. The normalized spacial score (nSPS) is 11.6. The number of carbonyl (C=O) groups excluding carboxylic acids is 1. The van der Waals surface area contributed by atoms with Crippen LogP contribution in [0.3, 0.4) is 0 Å². The zero-order valence-electron chi connectivity index (χ0n) is 5.68. The van der Waals surface area contributed by atoms with Crippen LogP contribution in [0.1, 0.15) is 6.92 Å². The molecule has 0 aromatic heterocycles. The molecule has 0 bridgehead atoms. The van der Waals surface area contributed by atoms with E-state index >= 15 is 0 Å². The van der Waals surface area contributed by atoms with Crippen LogP contribution in [0.4, 0.5) is 0 Å². The van der Waals surface area contributed by atoms with Crippen LogP contribution >= 0.6 is 0 Å². The van der Waals surface area contributed by atoms with E-state index in [4.69, 9.17) is 5.73 Å². The lowest BCUT2D eigenvalue weighted by Crippen LogP contribution is -2.05. The van der Waals surface area contributed by atoms with E-state index in [1.165, 1.54) is 13.2 Å². The smallest absolute Gasteiger partial charge is 0.182 e. The molecule has 3 nitrogen and oxygen atoms in total. The molecule has 0 aromatic rings. The van der Waals surface area contributed by atoms with Gasteiger partial charge in [-0.25, -0.2) is 0 Å². The summed E-state index contributed by atoms with van der Waals surface area (Å²) in [6.07, 6.45) is 1.35. The quantitative estimate of drug-likeness (QED) is 0.548. The van der Waals surface area contributed by atoms with Gasteiger partial charge in [-0.05, 0) is 6.92 Å². The molecular formula is C6H11NO2. The van der Waals surface area contributed by atoms with Crippen molar-refractivity contribution in [2.75, 3.05) is 13.7 Å². The minimum atomic E-state index is -0.0995. The van der Waals surface area contributed by atoms with Gasteiger partial charge in [0.1, 0.15) is 6.61 Å². The zero-order chi connectivity index (χ0) is 7.28. The van der Waals surface area contributed by atoms with Crippen molar-refractivity contribution in [3.05, 3.63) is 11.8 Å². The third-order valence-corrected chi connectivity index (χ3v) is 0.675. The van der Waals surface area contributed by atoms with Gasteiger partial charge in [0.25, 0.3) is 0 Å². The summed E-state index contributed by atoms with van der Waals surface area (Å²) >= 11 is 0. The predicted octanol–water partition coefficient (Wildman–Crippen LogP) is 0.0644. The summed E-state index contributed by atoms with van der Waals surface area (Å²) in [5.74, 6) is -0.0995. The molecule has 0 aliphatic carbocycles. The summed E-state index contributed by atoms with van der Waals surface area (Å²) in [6.45, 7) is 1.77. The molecule has 0 aliphatic heterocycles. The van der Waals surface area contributed by atoms with Gasteiger partial charge in [-0.2, -0.15) is 0 Å². The fourth-order valence-electron chi connectivity index (χ4n) is 0.438. The molecule has 9 heavy (non-hydrogen) atoms. The van der Waals surface area contributed by atoms with E-state index < -0.39 is 0 Å². The summed E-state index contributed by atoms with van der Waals surface area (Å²) in [7, 11) is 1.47. The molecule has 0 fully saturated rings. The molecule has 3 heteroatoms. The Kier molecular flexibility index (Phi) is 3.71. The molecule has 0 aromatic carbocycles. The third-order valence-electron chi connectivity index (χ3n) is 0.675. The van der Waals surface area contributed by atoms with Crippen molar-refractivity contribution >= 4 is 5.78 Å². The van der Waals surface area contributed by atoms with E-state index in [0.29, 0.717) is 5.70 Å². The van der Waals surface area contributed by atoms with Crippen LogP contribution in [0.25, 0.3) is 0 Å². The minimum absolute atomic E-state index is 0.0995. The van der Waals surface area contributed by atoms with Gasteiger partial charge in [0.15, 0.2) is 5.78 Å². The maximum absolute atomic E-state index is 10.6. The number of allylic oxidation sites excluding steroid dienone is 1. The first-order valence-corrected chi connectivity index (χ1v) is 2.62. The van der Waals surface area contributed by atoms with E-state index in [1.54, 1.807) is 6.92 Å². The average molecular weight is 129 g/mol. The molecule has 0 radical (unpaired) electrons. The van der Waals surface area contributed by atoms with Crippen molar-refractivity contribution < 1.29 is 9.53 Å². The van der Waals surface area contributed by atoms with Crippen molar-refractivity contribution in [3.63, 3.8) is 0 Å². The summed E-state index contributed by atoms with van der Waals surface area (Å²) in [5, 5.41) is 0. The van der Waals surface area contributed by atoms with Crippen LogP contribution < -0.4 is 5.73 Å². The van der Waals surface area contributed by atoms with Crippen LogP contribution in [0.5, 0.6) is 0 Å². The summed E-state index contributed by atoms with van der Waals surface area (Å²) in [5.41, 5.74) is 5.72. The van der Waals surface area contributed by atoms with E-state index in [2.05, 4.69) is 4.74 Å². The molecule has 0 amide bonds. The second-order valence-electron chi connectivity index (χ2n) is 1.79. The van der Waals surface area contributed by atoms with Crippen LogP contribution in [0.15, 0.2) is 11.8 Å². The minimum Gasteiger partial charge on any atom is -0.402 e. The highest BCUT2D eigenvalue weighted by molar-refractivity contribution is 5.91. The van der Waals surface area contributed by atoms with E-state index in [9.17, 15) is 4.79 Å². The molecule has 0 unspecified atom stereocenters. The highest BCUT2D eigenvalue weighted by Gasteiger charge is 1.93. The summed E-state index contributed by atoms with van der Waals surface area (Å²) < 4.78 is 4.55. The topological polar surface area (TPSA) is 52.3 Å². The maximum Gasteiger partial charge on any atom is 0.182 e. The molecule has 52 valence electrons. The van der Waals surface area contributed by atoms with E-state index in [0.717, 1.165) is 0 Å². The van der Waals surface area contributed by atoms with Crippen molar-refractivity contribution in [2.24, 2.45) is 5.73 Å². The first-order chi connectivity index (χ1) is 4.16. The number of methoxy groups -OCH3 is 1. The van der Waals surface area contributed by atoms with Crippen LogP contribution in [-0.4, -0.2) is 19.5 Å². The molecule has 0 heterocycles. The third kappa shape index (κ3) is 5.03. The standard InChI is InChI=1S/C6H11NO2/c1-5(7)3-6(8)4-9-2/h3H,4,7H2,1-2H3/b5-3-. The van der Waals surface area contributed by atoms with Gasteiger partial charge >= 0.3 is 0 Å². The molecular weight excluding hydrogens is 118 g/mol. The second-order valence-corrected chi connectivity index (χ2v) is 1.79. The number of ether oxygens (including phenoxy) is 1. The van der Waals surface area contributed by atoms with Crippen molar-refractivity contribution in [1.82, 2.24) is 0 Å². The van der Waals surface area contributed by atoms with E-state index in [1.807, 2.05) is 0 Å². The predicted molar refractivity (Wildman–Crippen MR) is 34.8 cm³/mol. The number of rotatable bonds is 3. The number of hydrogen-bond donors (Lipinski definition) is 1. The van der Waals surface area contributed by atoms with Gasteiger partial charge in [0.2, 0.25) is 0 Å². The van der Waals surface area contributed by atoms with Gasteiger partial charge in [0.05, 0.1) is 0 Å². The molecule has 0 aliphatic rings. The SMILES string of the molecule is COCC(=O)/C=C(/C)N. The Morgan fingerprint density at radius 2 is 2.33 bits per heavy atom. The fraction of sp³-hybridized carbons (Fsp3) is 0.500. The fourth-order valence-corrected chi connectivity index (χ4v) is 0.438. The number of hydrogen-bond acceptors (Lipinski definition) is 3. The van der Waals surface area contributed by atoms with Gasteiger partial charge in [-0.1, -0.05) is 0 Å². The Hall–Kier alpha value is -0.830. The molecule has 0 atom stereocenters. The van der Waals surface area contributed by atoms with Crippen molar-refractivity contribution in [3.8, 4) is 0 Å². The lowest BCUT2D eigenvalue weighted by Gasteiger charge is -1.91. The zero-order valence-corrected chi connectivity index (χ0v) is 5.68. The van der Waals surface area contributed by atoms with Crippen molar-refractivity contribution in [1.29, 1.82) is 0 Å². The molecule has 0 saturated carbocycles. The average Bonchev–Trinajstić information content (AvgIpc) is 1.63. The summed E-state index contributed by atoms with van der Waals surface area (Å²) in [6, 6.07) is 0. The van der Waals surface area contributed by atoms with Crippen LogP contribution in [0.2, 0.25) is 0 Å². The van der Waals surface area contributed by atoms with Crippen molar-refractivity contribution in [2.45, 2.75) is 6.92 Å². The van der Waals surface area contributed by atoms with E-state index in [-0.39, 0.29) is 12.4 Å². The Morgan fingerprint density at radius 1 is 1.78 bits per heavy atom. The first-order valence-electron chi connectivity index (χ1n) is 2.62. The highest BCUT2D eigenvalue weighted by Crippen LogP contribution is 1.82. The molecule has 2 N–H and O–H groups in total. The van der Waals surface area contributed by atoms with Crippen LogP contribution in [0, 0.1) is 0 Å². The van der Waals surface area contributed by atoms with Gasteiger partial charge in [-0.15, -0.1) is 0 Å². The van der Waals surface area contributed by atoms with Gasteiger partial charge in [-0.3, -0.25) is 4.79 Å². The Bertz CT molecular complexity index is 125. The van der Waals surface area contributed by atoms with Crippen LogP contribution in [-0.2, 0) is 9.53 Å². The van der Waals surface area contributed by atoms with Gasteiger partial charge in [0, 0.05) is 18.9 Å². The Balaban J connectivity index is 3.63. The largest absolute Gasteiger partial charge is 0.402 e. The first kappa shape index (κ1) is 8.17. The number of ketones is 1. The monoisotopic (exact) mass is 129 g/mol.